The Kier molecular flexibility index (Phi) is 21.8. The Labute approximate surface area is 453 Å². The van der Waals surface area contributed by atoms with E-state index in [1.54, 1.807) is 55.1 Å². The van der Waals surface area contributed by atoms with Gasteiger partial charge in [0.2, 0.25) is 23.1 Å². The number of carboxylic acid groups (broad SMARTS) is 2. The number of anilines is 4. The van der Waals surface area contributed by atoms with Crippen molar-refractivity contribution in [2.45, 2.75) is 12.8 Å². The fourth-order valence-electron chi connectivity index (χ4n) is 8.60. The number of nitrogens with zero attached hydrogens (tertiary/aromatic N) is 2. The van der Waals surface area contributed by atoms with Gasteiger partial charge in [-0.15, -0.1) is 0 Å². The first-order valence-corrected chi connectivity index (χ1v) is 23.4. The van der Waals surface area contributed by atoms with Gasteiger partial charge in [-0.3, -0.25) is 11.5 Å². The average Bonchev–Trinajstić information content (AvgIpc) is 3.52. The highest BCUT2D eigenvalue weighted by Crippen LogP contribution is 2.40. The molecular weight excluding hydrogens is 1020 g/mol. The standard InChI is InChI=1S/2C15H10O2.2C14H18N4O3.3H2O/c2*16-15(17)14-12-7-3-1-5-10(12)9-11-6-2-4-8-13(11)14;2*1-19-10-5-8(6-11(20-2)12(10)21-3)4-9-7-17-14(16)18-13(9)15;;;/h2*1-9H,(H,16,17);2*5-7H,4H2,1-3H3,(H4,15,16,17,18);3*1H2. The molecule has 21 nitrogen and oxygen atoms in total. The number of aromatic nitrogens is 4. The Morgan fingerprint density at radius 2 is 0.696 bits per heavy atom. The monoisotopic (exact) mass is 1080 g/mol. The van der Waals surface area contributed by atoms with E-state index in [1.807, 2.05) is 133 Å². The molecule has 412 valence electrons. The molecule has 2 heterocycles. The molecule has 0 fully saturated rings. The zero-order chi connectivity index (χ0) is 54.5. The van der Waals surface area contributed by atoms with Crippen molar-refractivity contribution in [3.05, 3.63) is 179 Å². The molecule has 0 aliphatic heterocycles. The largest absolute Gasteiger partial charge is 0.545 e. The second kappa shape index (κ2) is 28.1. The maximum absolute atomic E-state index is 11.3. The predicted molar refractivity (Wildman–Crippen MR) is 299 cm³/mol. The first kappa shape index (κ1) is 61.3. The van der Waals surface area contributed by atoms with Crippen LogP contribution in [0.15, 0.2) is 146 Å². The quantitative estimate of drug-likeness (QED) is 0.127. The lowest BCUT2D eigenvalue weighted by Crippen LogP contribution is -2.22. The molecule has 21 heteroatoms. The molecule has 8 aromatic carbocycles. The van der Waals surface area contributed by atoms with Crippen LogP contribution >= 0.6 is 0 Å². The van der Waals surface area contributed by atoms with E-state index in [0.717, 1.165) is 65.3 Å². The SMILES string of the molecule is COc1cc(Cc2c[nH+]c(N)nc2N)cc(OC)c1OC.COc1cc(Cc2c[nH+]c(N)nc2N)cc(OC)c1OC.O.O.O.O=C([O-])c1c2ccccc2cc2ccccc12.O=C([O-])c1c2ccccc2cc2ccccc12. The van der Waals surface area contributed by atoms with Crippen LogP contribution in [0.5, 0.6) is 34.5 Å². The van der Waals surface area contributed by atoms with Crippen molar-refractivity contribution in [1.82, 2.24) is 9.97 Å². The molecular formula is C58H62N8O13. The molecule has 0 aliphatic rings. The number of methoxy groups -OCH3 is 6. The summed E-state index contributed by atoms with van der Waals surface area (Å²) in [6.45, 7) is 0. The number of ether oxygens (including phenoxy) is 6. The molecule has 0 saturated carbocycles. The molecule has 79 heavy (non-hydrogen) atoms. The number of aromatic carboxylic acids is 2. The first-order valence-electron chi connectivity index (χ1n) is 23.4. The smallest absolute Gasteiger partial charge is 0.388 e. The van der Waals surface area contributed by atoms with Gasteiger partial charge in [0.1, 0.15) is 0 Å². The van der Waals surface area contributed by atoms with Gasteiger partial charge in [-0.1, -0.05) is 107 Å². The van der Waals surface area contributed by atoms with Gasteiger partial charge in [-0.05, 0) is 90.6 Å². The van der Waals surface area contributed by atoms with Crippen LogP contribution in [0.4, 0.5) is 23.5 Å². The van der Waals surface area contributed by atoms with E-state index in [4.69, 9.17) is 51.4 Å². The lowest BCUT2D eigenvalue weighted by molar-refractivity contribution is -0.365. The number of nitrogens with one attached hydrogen (secondary N) is 2. The van der Waals surface area contributed by atoms with Crippen LogP contribution in [0.2, 0.25) is 0 Å². The van der Waals surface area contributed by atoms with Crippen molar-refractivity contribution < 1.29 is 74.6 Å². The van der Waals surface area contributed by atoms with E-state index in [-0.39, 0.29) is 39.5 Å². The third kappa shape index (κ3) is 14.2. The van der Waals surface area contributed by atoms with Crippen LogP contribution in [-0.2, 0) is 12.8 Å². The van der Waals surface area contributed by atoms with Gasteiger partial charge in [-0.25, -0.2) is 9.97 Å². The number of nitrogen functional groups attached to an aromatic ring is 4. The number of hydrogen-bond donors (Lipinski definition) is 4. The summed E-state index contributed by atoms with van der Waals surface area (Å²) in [6, 6.07) is 41.3. The number of carbonyl (C=O) groups is 2. The normalized spacial score (nSPS) is 10.1. The highest BCUT2D eigenvalue weighted by atomic mass is 16.5. The van der Waals surface area contributed by atoms with Crippen LogP contribution in [0.3, 0.4) is 0 Å². The van der Waals surface area contributed by atoms with E-state index < -0.39 is 11.9 Å². The molecule has 10 aromatic rings. The van der Waals surface area contributed by atoms with E-state index in [0.29, 0.717) is 59.0 Å². The molecule has 2 aromatic heterocycles. The maximum Gasteiger partial charge on any atom is 0.388 e. The Hall–Kier alpha value is -10.2. The summed E-state index contributed by atoms with van der Waals surface area (Å²) < 4.78 is 31.9. The Bertz CT molecular complexity index is 3330. The van der Waals surface area contributed by atoms with Crippen molar-refractivity contribution in [2.24, 2.45) is 0 Å². The van der Waals surface area contributed by atoms with Crippen LogP contribution in [0.1, 0.15) is 43.0 Å². The highest BCUT2D eigenvalue weighted by Gasteiger charge is 2.18. The van der Waals surface area contributed by atoms with Gasteiger partial charge in [0.05, 0.1) is 67.0 Å². The van der Waals surface area contributed by atoms with Crippen LogP contribution in [0.25, 0.3) is 43.1 Å². The predicted octanol–water partition coefficient (Wildman–Crippen LogP) is 3.59. The van der Waals surface area contributed by atoms with E-state index >= 15 is 0 Å². The summed E-state index contributed by atoms with van der Waals surface area (Å²) in [5.74, 6) is 2.57. The first-order chi connectivity index (χ1) is 36.7. The topological polar surface area (TPSA) is 388 Å². The summed E-state index contributed by atoms with van der Waals surface area (Å²) in [7, 11) is 9.44. The van der Waals surface area contributed by atoms with E-state index in [1.165, 1.54) is 0 Å². The molecule has 0 atom stereocenters. The summed E-state index contributed by atoms with van der Waals surface area (Å²) in [6.07, 6.45) is 4.60. The Morgan fingerprint density at radius 1 is 0.430 bits per heavy atom. The number of nitrogens with two attached hydrogens (primary N) is 4. The number of benzene rings is 8. The number of H-pyrrole nitrogens is 2. The van der Waals surface area contributed by atoms with Gasteiger partial charge >= 0.3 is 11.9 Å². The summed E-state index contributed by atoms with van der Waals surface area (Å²) in [5.41, 5.74) is 27.0. The minimum atomic E-state index is -1.13. The van der Waals surface area contributed by atoms with Crippen LogP contribution in [-0.4, -0.2) is 81.0 Å². The van der Waals surface area contributed by atoms with Gasteiger partial charge in [0, 0.05) is 35.1 Å². The molecule has 16 N–H and O–H groups in total. The average molecular weight is 1080 g/mol. The summed E-state index contributed by atoms with van der Waals surface area (Å²) >= 11 is 0. The zero-order valence-electron chi connectivity index (χ0n) is 44.1. The van der Waals surface area contributed by atoms with Crippen molar-refractivity contribution >= 4 is 78.6 Å². The summed E-state index contributed by atoms with van der Waals surface area (Å²) in [4.78, 5) is 36.3. The highest BCUT2D eigenvalue weighted by molar-refractivity contribution is 6.16. The molecule has 0 aliphatic carbocycles. The second-order valence-corrected chi connectivity index (χ2v) is 16.8. The molecule has 0 bridgehead atoms. The van der Waals surface area contributed by atoms with Crippen molar-refractivity contribution in [1.29, 1.82) is 0 Å². The fraction of sp³-hybridized carbons (Fsp3) is 0.138. The Morgan fingerprint density at radius 3 is 0.924 bits per heavy atom. The molecule has 0 amide bonds. The molecule has 0 unspecified atom stereocenters. The van der Waals surface area contributed by atoms with E-state index in [2.05, 4.69) is 19.9 Å². The maximum atomic E-state index is 11.3. The van der Waals surface area contributed by atoms with Gasteiger partial charge < -0.3 is 76.1 Å². The number of aromatic amines is 2. The van der Waals surface area contributed by atoms with Crippen molar-refractivity contribution in [3.63, 3.8) is 0 Å². The van der Waals surface area contributed by atoms with Crippen LogP contribution < -0.4 is 71.5 Å². The van der Waals surface area contributed by atoms with E-state index in [9.17, 15) is 19.8 Å². The molecule has 0 spiro atoms. The van der Waals surface area contributed by atoms with Crippen LogP contribution in [0, 0.1) is 0 Å². The number of rotatable bonds is 12. The number of carbonyl (C=O) groups excluding carboxylic acids is 2. The lowest BCUT2D eigenvalue weighted by Gasteiger charge is -2.14. The third-order valence-electron chi connectivity index (χ3n) is 12.1. The Balaban J connectivity index is 0.000000225. The molecule has 0 saturated heterocycles. The molecule has 10 rings (SSSR count). The number of fused-ring (bicyclic) bond motifs is 4. The van der Waals surface area contributed by atoms with Gasteiger partial charge in [0.15, 0.2) is 23.0 Å². The summed E-state index contributed by atoms with van der Waals surface area (Å²) in [5, 5.41) is 29.2. The lowest BCUT2D eigenvalue weighted by atomic mass is 9.97. The van der Waals surface area contributed by atoms with Gasteiger partial charge in [0.25, 0.3) is 0 Å². The third-order valence-corrected chi connectivity index (χ3v) is 12.1. The number of carboxylic acids is 2. The number of hydrogen-bond acceptors (Lipinski definition) is 16. The van der Waals surface area contributed by atoms with Crippen molar-refractivity contribution in [2.75, 3.05) is 65.6 Å². The fourth-order valence-corrected chi connectivity index (χ4v) is 8.60. The minimum Gasteiger partial charge on any atom is -0.545 e. The molecule has 0 radical (unpaired) electrons. The van der Waals surface area contributed by atoms with Crippen molar-refractivity contribution in [3.8, 4) is 34.5 Å². The second-order valence-electron chi connectivity index (χ2n) is 16.8. The zero-order valence-corrected chi connectivity index (χ0v) is 44.1. The van der Waals surface area contributed by atoms with Gasteiger partial charge in [-0.2, -0.15) is 0 Å². The minimum absolute atomic E-state index is 0.